The second-order valence-corrected chi connectivity index (χ2v) is 10.4. The molecular formula is C22H26Cl2N2O4S. The number of nitrogens with one attached hydrogen (secondary N) is 1. The van der Waals surface area contributed by atoms with E-state index in [2.05, 4.69) is 5.32 Å². The number of benzene rings is 2. The highest BCUT2D eigenvalue weighted by Gasteiger charge is 2.32. The summed E-state index contributed by atoms with van der Waals surface area (Å²) in [6.45, 7) is 2.51. The van der Waals surface area contributed by atoms with Crippen LogP contribution in [0.1, 0.15) is 36.9 Å². The van der Waals surface area contributed by atoms with Gasteiger partial charge in [0.25, 0.3) is 0 Å². The first kappa shape index (κ1) is 23.9. The molecule has 0 aromatic heterocycles. The van der Waals surface area contributed by atoms with Gasteiger partial charge < -0.3 is 10.1 Å². The second kappa shape index (κ2) is 10.2. The van der Waals surface area contributed by atoms with Crippen LogP contribution in [0, 0.1) is 5.92 Å². The number of methoxy groups -OCH3 is 1. The van der Waals surface area contributed by atoms with Crippen LogP contribution in [0.25, 0.3) is 0 Å². The molecule has 1 saturated heterocycles. The van der Waals surface area contributed by atoms with Crippen molar-refractivity contribution in [2.24, 2.45) is 5.92 Å². The minimum atomic E-state index is -3.58. The Kier molecular flexibility index (Phi) is 7.86. The fraction of sp³-hybridized carbons (Fsp3) is 0.409. The van der Waals surface area contributed by atoms with Crippen molar-refractivity contribution in [2.45, 2.75) is 31.6 Å². The molecule has 0 radical (unpaired) electrons. The highest BCUT2D eigenvalue weighted by molar-refractivity contribution is 7.88. The largest absolute Gasteiger partial charge is 0.497 e. The van der Waals surface area contributed by atoms with Gasteiger partial charge in [0, 0.05) is 34.6 Å². The summed E-state index contributed by atoms with van der Waals surface area (Å²) < 4.78 is 32.3. The molecule has 0 unspecified atom stereocenters. The third kappa shape index (κ3) is 5.92. The molecule has 2 aromatic carbocycles. The van der Waals surface area contributed by atoms with Crippen LogP contribution in [0.4, 0.5) is 0 Å². The zero-order chi connectivity index (χ0) is 22.6. The monoisotopic (exact) mass is 484 g/mol. The summed E-state index contributed by atoms with van der Waals surface area (Å²) in [5, 5.41) is 3.69. The van der Waals surface area contributed by atoms with Gasteiger partial charge in [0.05, 0.1) is 18.9 Å². The number of hydrogen-bond acceptors (Lipinski definition) is 4. The van der Waals surface area contributed by atoms with Crippen molar-refractivity contribution in [3.8, 4) is 5.75 Å². The fourth-order valence-corrected chi connectivity index (χ4v) is 5.96. The van der Waals surface area contributed by atoms with Crippen LogP contribution in [0.2, 0.25) is 10.0 Å². The van der Waals surface area contributed by atoms with Gasteiger partial charge in [0.1, 0.15) is 5.75 Å². The minimum Gasteiger partial charge on any atom is -0.497 e. The van der Waals surface area contributed by atoms with Gasteiger partial charge in [0.15, 0.2) is 0 Å². The van der Waals surface area contributed by atoms with E-state index < -0.39 is 10.0 Å². The predicted molar refractivity (Wildman–Crippen MR) is 123 cm³/mol. The average molecular weight is 485 g/mol. The Morgan fingerprint density at radius 1 is 1.13 bits per heavy atom. The summed E-state index contributed by atoms with van der Waals surface area (Å²) >= 11 is 12.3. The molecule has 1 atom stereocenters. The Labute approximate surface area is 193 Å². The maximum atomic E-state index is 12.8. The molecule has 6 nitrogen and oxygen atoms in total. The molecule has 1 N–H and O–H groups in total. The number of sulfonamides is 1. The van der Waals surface area contributed by atoms with Crippen LogP contribution in [0.15, 0.2) is 42.5 Å². The number of amides is 1. The van der Waals surface area contributed by atoms with Gasteiger partial charge in [-0.05, 0) is 49.6 Å². The molecule has 1 fully saturated rings. The normalized spacial score (nSPS) is 16.6. The summed E-state index contributed by atoms with van der Waals surface area (Å²) in [7, 11) is -1.98. The predicted octanol–water partition coefficient (Wildman–Crippen LogP) is 4.42. The van der Waals surface area contributed by atoms with E-state index in [0.717, 1.165) is 11.3 Å². The Hall–Kier alpha value is -1.80. The molecule has 31 heavy (non-hydrogen) atoms. The van der Waals surface area contributed by atoms with E-state index in [4.69, 9.17) is 27.9 Å². The molecule has 1 heterocycles. The highest BCUT2D eigenvalue weighted by Crippen LogP contribution is 2.29. The first-order valence-electron chi connectivity index (χ1n) is 10.1. The quantitative estimate of drug-likeness (QED) is 0.630. The molecule has 0 spiro atoms. The number of nitrogens with zero attached hydrogens (tertiary/aromatic N) is 1. The number of ether oxygens (including phenoxy) is 1. The van der Waals surface area contributed by atoms with E-state index in [1.807, 2.05) is 31.2 Å². The van der Waals surface area contributed by atoms with Gasteiger partial charge in [-0.3, -0.25) is 4.79 Å². The molecule has 168 valence electrons. The van der Waals surface area contributed by atoms with Crippen molar-refractivity contribution in [3.63, 3.8) is 0 Å². The molecule has 2 aromatic rings. The Bertz CT molecular complexity index is 1000. The van der Waals surface area contributed by atoms with E-state index in [1.54, 1.807) is 25.3 Å². The lowest BCUT2D eigenvalue weighted by Crippen LogP contribution is -2.43. The Morgan fingerprint density at radius 3 is 2.26 bits per heavy atom. The standard InChI is InChI=1S/C22H26Cl2N2O4S/c1-15(16-6-8-18(30-2)9-7-16)25-22(27)17-10-12-26(13-11-17)31(28,29)14-19-20(23)4-3-5-21(19)24/h3-9,15,17H,10-14H2,1-2H3,(H,25,27)/t15-/m0/s1. The molecule has 3 rings (SSSR count). The minimum absolute atomic E-state index is 0.0606. The number of piperidine rings is 1. The van der Waals surface area contributed by atoms with Crippen LogP contribution in [0.5, 0.6) is 5.75 Å². The van der Waals surface area contributed by atoms with Crippen molar-refractivity contribution in [3.05, 3.63) is 63.6 Å². The van der Waals surface area contributed by atoms with Crippen molar-refractivity contribution in [2.75, 3.05) is 20.2 Å². The van der Waals surface area contributed by atoms with E-state index in [9.17, 15) is 13.2 Å². The maximum absolute atomic E-state index is 12.8. The van der Waals surface area contributed by atoms with Crippen molar-refractivity contribution in [1.82, 2.24) is 9.62 Å². The lowest BCUT2D eigenvalue weighted by molar-refractivity contribution is -0.126. The Balaban J connectivity index is 1.56. The number of rotatable bonds is 7. The number of halogens is 2. The van der Waals surface area contributed by atoms with Crippen molar-refractivity contribution in [1.29, 1.82) is 0 Å². The smallest absolute Gasteiger partial charge is 0.223 e. The molecule has 1 amide bonds. The molecule has 1 aliphatic rings. The summed E-state index contributed by atoms with van der Waals surface area (Å²) in [4.78, 5) is 12.7. The van der Waals surface area contributed by atoms with Crippen LogP contribution in [-0.4, -0.2) is 38.8 Å². The summed E-state index contributed by atoms with van der Waals surface area (Å²) in [6, 6.07) is 12.3. The van der Waals surface area contributed by atoms with Crippen LogP contribution < -0.4 is 10.1 Å². The number of hydrogen-bond donors (Lipinski definition) is 1. The average Bonchev–Trinajstić information content (AvgIpc) is 2.76. The first-order chi connectivity index (χ1) is 14.7. The van der Waals surface area contributed by atoms with Crippen LogP contribution in [-0.2, 0) is 20.6 Å². The molecule has 0 saturated carbocycles. The van der Waals surface area contributed by atoms with E-state index in [1.165, 1.54) is 4.31 Å². The van der Waals surface area contributed by atoms with Gasteiger partial charge in [-0.1, -0.05) is 41.4 Å². The molecule has 1 aliphatic heterocycles. The van der Waals surface area contributed by atoms with Gasteiger partial charge >= 0.3 is 0 Å². The van der Waals surface area contributed by atoms with E-state index >= 15 is 0 Å². The topological polar surface area (TPSA) is 75.7 Å². The second-order valence-electron chi connectivity index (χ2n) is 7.63. The summed E-state index contributed by atoms with van der Waals surface area (Å²) in [5.74, 6) is 0.219. The third-order valence-electron chi connectivity index (χ3n) is 5.58. The lowest BCUT2D eigenvalue weighted by Gasteiger charge is -2.31. The van der Waals surface area contributed by atoms with Gasteiger partial charge in [-0.25, -0.2) is 12.7 Å². The van der Waals surface area contributed by atoms with Crippen LogP contribution in [0.3, 0.4) is 0 Å². The molecular weight excluding hydrogens is 459 g/mol. The molecule has 0 bridgehead atoms. The van der Waals surface area contributed by atoms with E-state index in [0.29, 0.717) is 41.5 Å². The lowest BCUT2D eigenvalue weighted by atomic mass is 9.96. The van der Waals surface area contributed by atoms with Gasteiger partial charge in [-0.15, -0.1) is 0 Å². The fourth-order valence-electron chi connectivity index (χ4n) is 3.65. The van der Waals surface area contributed by atoms with Crippen molar-refractivity contribution >= 4 is 39.1 Å². The molecule has 9 heteroatoms. The SMILES string of the molecule is COc1ccc([C@H](C)NC(=O)C2CCN(S(=O)(=O)Cc3c(Cl)cccc3Cl)CC2)cc1. The van der Waals surface area contributed by atoms with Crippen LogP contribution >= 0.6 is 23.2 Å². The van der Waals surface area contributed by atoms with Gasteiger partial charge in [0.2, 0.25) is 15.9 Å². The highest BCUT2D eigenvalue weighted by atomic mass is 35.5. The summed E-state index contributed by atoms with van der Waals surface area (Å²) in [6.07, 6.45) is 0.938. The van der Waals surface area contributed by atoms with E-state index in [-0.39, 0.29) is 23.6 Å². The van der Waals surface area contributed by atoms with Gasteiger partial charge in [-0.2, -0.15) is 0 Å². The Morgan fingerprint density at radius 2 is 1.71 bits per heavy atom. The zero-order valence-electron chi connectivity index (χ0n) is 17.5. The maximum Gasteiger partial charge on any atom is 0.223 e. The number of carbonyl (C=O) groups is 1. The molecule has 0 aliphatic carbocycles. The zero-order valence-corrected chi connectivity index (χ0v) is 19.8. The summed E-state index contributed by atoms with van der Waals surface area (Å²) in [5.41, 5.74) is 1.38. The third-order valence-corrected chi connectivity index (χ3v) is 8.09. The number of carbonyl (C=O) groups excluding carboxylic acids is 1. The first-order valence-corrected chi connectivity index (χ1v) is 12.4. The van der Waals surface area contributed by atoms with Crippen molar-refractivity contribution < 1.29 is 17.9 Å².